The first kappa shape index (κ1) is 16.7. The van der Waals surface area contributed by atoms with E-state index >= 15 is 0 Å². The smallest absolute Gasteiger partial charge is 0.128 e. The molecular formula is C17H24FNO. The molecule has 0 saturated heterocycles. The summed E-state index contributed by atoms with van der Waals surface area (Å²) in [5.74, 6) is 5.43. The van der Waals surface area contributed by atoms with Crippen molar-refractivity contribution >= 4 is 0 Å². The van der Waals surface area contributed by atoms with Gasteiger partial charge in [0.05, 0.1) is 6.61 Å². The third-order valence-electron chi connectivity index (χ3n) is 3.40. The average molecular weight is 277 g/mol. The van der Waals surface area contributed by atoms with Crippen molar-refractivity contribution in [2.75, 3.05) is 13.7 Å². The topological polar surface area (TPSA) is 23.5 Å². The molecule has 0 spiro atoms. The molecule has 0 fully saturated rings. The Morgan fingerprint density at radius 1 is 1.40 bits per heavy atom. The van der Waals surface area contributed by atoms with Crippen LogP contribution in [-0.4, -0.2) is 29.7 Å². The Morgan fingerprint density at radius 2 is 2.15 bits per heavy atom. The summed E-state index contributed by atoms with van der Waals surface area (Å²) >= 11 is 0. The monoisotopic (exact) mass is 277 g/mol. The van der Waals surface area contributed by atoms with Gasteiger partial charge in [-0.25, -0.2) is 4.39 Å². The second kappa shape index (κ2) is 8.73. The summed E-state index contributed by atoms with van der Waals surface area (Å²) in [5, 5.41) is 8.66. The first-order chi connectivity index (χ1) is 9.58. The van der Waals surface area contributed by atoms with Gasteiger partial charge < -0.3 is 5.11 Å². The lowest BCUT2D eigenvalue weighted by Gasteiger charge is -2.24. The van der Waals surface area contributed by atoms with Gasteiger partial charge in [-0.3, -0.25) is 4.90 Å². The molecule has 0 radical (unpaired) electrons. The highest BCUT2D eigenvalue weighted by atomic mass is 19.1. The zero-order valence-electron chi connectivity index (χ0n) is 12.6. The van der Waals surface area contributed by atoms with Gasteiger partial charge in [-0.2, -0.15) is 0 Å². The summed E-state index contributed by atoms with van der Waals surface area (Å²) < 4.78 is 14.0. The number of rotatable bonds is 6. The van der Waals surface area contributed by atoms with E-state index in [0.717, 1.165) is 12.8 Å². The molecule has 20 heavy (non-hydrogen) atoms. The van der Waals surface area contributed by atoms with Crippen LogP contribution in [0, 0.1) is 17.7 Å². The van der Waals surface area contributed by atoms with Crippen molar-refractivity contribution in [1.29, 1.82) is 0 Å². The van der Waals surface area contributed by atoms with E-state index in [0.29, 0.717) is 30.1 Å². The summed E-state index contributed by atoms with van der Waals surface area (Å²) in [6, 6.07) is 5.55. The molecule has 1 aromatic rings. The van der Waals surface area contributed by atoms with Crippen molar-refractivity contribution in [3.8, 4) is 11.8 Å². The van der Waals surface area contributed by atoms with Gasteiger partial charge in [0.15, 0.2) is 0 Å². The van der Waals surface area contributed by atoms with Crippen molar-refractivity contribution in [3.63, 3.8) is 0 Å². The maximum Gasteiger partial charge on any atom is 0.128 e. The van der Waals surface area contributed by atoms with Crippen molar-refractivity contribution in [3.05, 3.63) is 35.1 Å². The molecule has 1 N–H and O–H groups in total. The zero-order valence-corrected chi connectivity index (χ0v) is 12.6. The molecule has 1 atom stereocenters. The Kier molecular flexibility index (Phi) is 7.28. The van der Waals surface area contributed by atoms with Gasteiger partial charge in [-0.1, -0.05) is 31.3 Å². The van der Waals surface area contributed by atoms with Crippen LogP contribution in [0.1, 0.15) is 44.2 Å². The predicted octanol–water partition coefficient (Wildman–Crippen LogP) is 3.18. The molecule has 0 aliphatic rings. The van der Waals surface area contributed by atoms with Gasteiger partial charge in [0.1, 0.15) is 5.82 Å². The van der Waals surface area contributed by atoms with Crippen LogP contribution < -0.4 is 0 Å². The standard InChI is InChI=1S/C17H24FNO/c1-4-7-14(2)19(3)13-16-10-9-15(12-17(16)18)8-5-6-11-20/h9-10,12,14,20H,4,6-7,11,13H2,1-3H3. The molecular weight excluding hydrogens is 253 g/mol. The zero-order chi connectivity index (χ0) is 15.0. The third kappa shape index (κ3) is 5.32. The summed E-state index contributed by atoms with van der Waals surface area (Å²) in [7, 11) is 2.02. The normalized spacial score (nSPS) is 12.1. The van der Waals surface area contributed by atoms with Gasteiger partial charge in [0.2, 0.25) is 0 Å². The van der Waals surface area contributed by atoms with Crippen LogP contribution in [0.2, 0.25) is 0 Å². The molecule has 0 aliphatic carbocycles. The number of halogens is 1. The van der Waals surface area contributed by atoms with Gasteiger partial charge in [-0.15, -0.1) is 0 Å². The minimum atomic E-state index is -0.212. The van der Waals surface area contributed by atoms with E-state index in [1.807, 2.05) is 13.1 Å². The Morgan fingerprint density at radius 3 is 2.75 bits per heavy atom. The highest BCUT2D eigenvalue weighted by molar-refractivity contribution is 5.37. The van der Waals surface area contributed by atoms with Crippen LogP contribution >= 0.6 is 0 Å². The lowest BCUT2D eigenvalue weighted by molar-refractivity contribution is 0.234. The van der Waals surface area contributed by atoms with Crippen molar-refractivity contribution in [2.24, 2.45) is 0 Å². The number of hydrogen-bond acceptors (Lipinski definition) is 2. The Bertz CT molecular complexity index is 476. The van der Waals surface area contributed by atoms with Crippen LogP contribution in [0.15, 0.2) is 18.2 Å². The highest BCUT2D eigenvalue weighted by Crippen LogP contribution is 2.14. The van der Waals surface area contributed by atoms with Gasteiger partial charge in [0.25, 0.3) is 0 Å². The number of nitrogens with zero attached hydrogens (tertiary/aromatic N) is 1. The minimum Gasteiger partial charge on any atom is -0.395 e. The number of aliphatic hydroxyl groups excluding tert-OH is 1. The summed E-state index contributed by atoms with van der Waals surface area (Å²) in [6.07, 6.45) is 2.66. The van der Waals surface area contributed by atoms with Crippen molar-refractivity contribution in [1.82, 2.24) is 4.90 Å². The number of aliphatic hydroxyl groups is 1. The van der Waals surface area contributed by atoms with Gasteiger partial charge in [-0.05, 0) is 32.5 Å². The molecule has 1 unspecified atom stereocenters. The Hall–Kier alpha value is -1.37. The molecule has 0 heterocycles. The molecule has 0 saturated carbocycles. The fraction of sp³-hybridized carbons (Fsp3) is 0.529. The maximum atomic E-state index is 14.0. The number of hydrogen-bond donors (Lipinski definition) is 1. The third-order valence-corrected chi connectivity index (χ3v) is 3.40. The quantitative estimate of drug-likeness (QED) is 0.807. The van der Waals surface area contributed by atoms with E-state index in [2.05, 4.69) is 30.6 Å². The lowest BCUT2D eigenvalue weighted by Crippen LogP contribution is -2.28. The van der Waals surface area contributed by atoms with Crippen LogP contribution in [0.4, 0.5) is 4.39 Å². The molecule has 0 aromatic heterocycles. The first-order valence-electron chi connectivity index (χ1n) is 7.16. The number of benzene rings is 1. The van der Waals surface area contributed by atoms with E-state index in [1.165, 1.54) is 6.07 Å². The molecule has 0 aliphatic heterocycles. The summed E-state index contributed by atoms with van der Waals surface area (Å²) in [6.45, 7) is 4.96. The van der Waals surface area contributed by atoms with Crippen LogP contribution in [-0.2, 0) is 6.54 Å². The largest absolute Gasteiger partial charge is 0.395 e. The molecule has 1 rings (SSSR count). The molecule has 110 valence electrons. The Balaban J connectivity index is 2.71. The predicted molar refractivity (Wildman–Crippen MR) is 80.8 cm³/mol. The van der Waals surface area contributed by atoms with Gasteiger partial charge >= 0.3 is 0 Å². The maximum absolute atomic E-state index is 14.0. The average Bonchev–Trinajstić information content (AvgIpc) is 2.42. The molecule has 0 bridgehead atoms. The second-order valence-electron chi connectivity index (χ2n) is 5.13. The van der Waals surface area contributed by atoms with Crippen molar-refractivity contribution in [2.45, 2.75) is 45.7 Å². The molecule has 3 heteroatoms. The van der Waals surface area contributed by atoms with Crippen molar-refractivity contribution < 1.29 is 9.50 Å². The minimum absolute atomic E-state index is 0.0354. The van der Waals surface area contributed by atoms with E-state index in [9.17, 15) is 4.39 Å². The fourth-order valence-electron chi connectivity index (χ4n) is 2.04. The molecule has 2 nitrogen and oxygen atoms in total. The first-order valence-corrected chi connectivity index (χ1v) is 7.16. The van der Waals surface area contributed by atoms with Gasteiger partial charge in [0, 0.05) is 30.1 Å². The lowest BCUT2D eigenvalue weighted by atomic mass is 10.1. The van der Waals surface area contributed by atoms with E-state index in [-0.39, 0.29) is 12.4 Å². The second-order valence-corrected chi connectivity index (χ2v) is 5.13. The van der Waals surface area contributed by atoms with E-state index in [1.54, 1.807) is 6.07 Å². The van der Waals surface area contributed by atoms with E-state index < -0.39 is 0 Å². The SMILES string of the molecule is CCCC(C)N(C)Cc1ccc(C#CCCO)cc1F. The molecule has 1 aromatic carbocycles. The van der Waals surface area contributed by atoms with Crippen LogP contribution in [0.5, 0.6) is 0 Å². The highest BCUT2D eigenvalue weighted by Gasteiger charge is 2.11. The van der Waals surface area contributed by atoms with E-state index in [4.69, 9.17) is 5.11 Å². The fourth-order valence-corrected chi connectivity index (χ4v) is 2.04. The van der Waals surface area contributed by atoms with Crippen LogP contribution in [0.3, 0.4) is 0 Å². The summed E-state index contributed by atoms with van der Waals surface area (Å²) in [4.78, 5) is 2.17. The molecule has 0 amide bonds. The Labute approximate surface area is 121 Å². The summed E-state index contributed by atoms with van der Waals surface area (Å²) in [5.41, 5.74) is 1.35. The van der Waals surface area contributed by atoms with Crippen LogP contribution in [0.25, 0.3) is 0 Å².